The summed E-state index contributed by atoms with van der Waals surface area (Å²) in [7, 11) is 0. The van der Waals surface area contributed by atoms with Crippen LogP contribution in [0, 0.1) is 6.92 Å². The molecule has 8 heteroatoms. The maximum Gasteiger partial charge on any atom is 0.417 e. The van der Waals surface area contributed by atoms with Crippen LogP contribution in [-0.2, 0) is 12.7 Å². The molecule has 1 N–H and O–H groups in total. The lowest BCUT2D eigenvalue weighted by molar-refractivity contribution is -0.137. The van der Waals surface area contributed by atoms with Crippen LogP contribution in [-0.4, -0.2) is 54.1 Å². The van der Waals surface area contributed by atoms with Gasteiger partial charge in [-0.1, -0.05) is 78.9 Å². The van der Waals surface area contributed by atoms with Crippen LogP contribution in [0.2, 0.25) is 0 Å². The fourth-order valence-corrected chi connectivity index (χ4v) is 5.28. The van der Waals surface area contributed by atoms with E-state index in [-0.39, 0.29) is 17.3 Å². The fourth-order valence-electron chi connectivity index (χ4n) is 5.28. The zero-order chi connectivity index (χ0) is 27.2. The Balaban J connectivity index is 1.13. The number of halogens is 3. The molecule has 1 aliphatic heterocycles. The average molecular weight is 535 g/mol. The molecule has 0 unspecified atom stereocenters. The molecule has 5 rings (SSSR count). The third-order valence-electron chi connectivity index (χ3n) is 7.21. The van der Waals surface area contributed by atoms with Gasteiger partial charge in [0.25, 0.3) is 0 Å². The number of nitrogens with zero attached hydrogens (tertiary/aromatic N) is 3. The van der Waals surface area contributed by atoms with Gasteiger partial charge in [0.1, 0.15) is 11.5 Å². The van der Waals surface area contributed by atoms with Gasteiger partial charge in [0.2, 0.25) is 5.89 Å². The average Bonchev–Trinajstić information content (AvgIpc) is 3.33. The highest BCUT2D eigenvalue weighted by molar-refractivity contribution is 5.66. The lowest BCUT2D eigenvalue weighted by Gasteiger charge is -2.39. The number of piperazine rings is 1. The molecule has 2 heterocycles. The Morgan fingerprint density at radius 1 is 0.846 bits per heavy atom. The molecule has 1 fully saturated rings. The van der Waals surface area contributed by atoms with Gasteiger partial charge in [-0.25, -0.2) is 4.98 Å². The molecule has 0 spiro atoms. The zero-order valence-electron chi connectivity index (χ0n) is 22.0. The predicted molar refractivity (Wildman–Crippen MR) is 146 cm³/mol. The molecule has 0 bridgehead atoms. The number of benzene rings is 3. The highest BCUT2D eigenvalue weighted by atomic mass is 19.4. The lowest BCUT2D eigenvalue weighted by Crippen LogP contribution is -2.49. The summed E-state index contributed by atoms with van der Waals surface area (Å²) in [5.41, 5.74) is 2.18. The molecular weight excluding hydrogens is 501 g/mol. The number of rotatable bonds is 9. The molecule has 0 amide bonds. The first-order valence-corrected chi connectivity index (χ1v) is 13.3. The highest BCUT2D eigenvalue weighted by Gasteiger charge is 2.34. The van der Waals surface area contributed by atoms with Crippen molar-refractivity contribution < 1.29 is 17.6 Å². The second-order valence-electron chi connectivity index (χ2n) is 9.83. The number of hydrogen-bond donors (Lipinski definition) is 1. The van der Waals surface area contributed by atoms with E-state index >= 15 is 0 Å². The minimum absolute atomic E-state index is 0.0414. The van der Waals surface area contributed by atoms with Crippen LogP contribution >= 0.6 is 0 Å². The molecule has 204 valence electrons. The van der Waals surface area contributed by atoms with Crippen molar-refractivity contribution in [3.63, 3.8) is 0 Å². The molecular formula is C31H33F3N4O. The van der Waals surface area contributed by atoms with Crippen LogP contribution in [0.25, 0.3) is 11.3 Å². The van der Waals surface area contributed by atoms with Crippen molar-refractivity contribution >= 4 is 0 Å². The Bertz CT molecular complexity index is 1290. The van der Waals surface area contributed by atoms with E-state index in [0.717, 1.165) is 45.3 Å². The Morgan fingerprint density at radius 3 is 2.05 bits per heavy atom. The van der Waals surface area contributed by atoms with Crippen molar-refractivity contribution in [3.05, 3.63) is 113 Å². The minimum Gasteiger partial charge on any atom is -0.444 e. The molecule has 0 aliphatic carbocycles. The number of aryl methyl sites for hydroxylation is 1. The summed E-state index contributed by atoms with van der Waals surface area (Å²) >= 11 is 0. The van der Waals surface area contributed by atoms with E-state index in [1.165, 1.54) is 23.3 Å². The van der Waals surface area contributed by atoms with Crippen LogP contribution in [0.5, 0.6) is 0 Å². The second kappa shape index (κ2) is 12.2. The van der Waals surface area contributed by atoms with Crippen molar-refractivity contribution in [2.24, 2.45) is 0 Å². The number of nitrogens with one attached hydrogen (secondary N) is 1. The molecule has 1 aromatic heterocycles. The van der Waals surface area contributed by atoms with Crippen LogP contribution in [0.1, 0.15) is 34.4 Å². The number of alkyl halides is 3. The minimum atomic E-state index is -4.45. The molecule has 39 heavy (non-hydrogen) atoms. The molecule has 0 radical (unpaired) electrons. The van der Waals surface area contributed by atoms with Gasteiger partial charge in [-0.05, 0) is 24.1 Å². The van der Waals surface area contributed by atoms with E-state index < -0.39 is 11.7 Å². The highest BCUT2D eigenvalue weighted by Crippen LogP contribution is 2.37. The zero-order valence-corrected chi connectivity index (χ0v) is 22.0. The van der Waals surface area contributed by atoms with Gasteiger partial charge in [0.15, 0.2) is 0 Å². The van der Waals surface area contributed by atoms with Crippen molar-refractivity contribution in [2.75, 3.05) is 39.3 Å². The van der Waals surface area contributed by atoms with Crippen molar-refractivity contribution in [1.82, 2.24) is 20.1 Å². The van der Waals surface area contributed by atoms with E-state index in [1.54, 1.807) is 13.0 Å². The molecule has 0 saturated carbocycles. The summed E-state index contributed by atoms with van der Waals surface area (Å²) in [5.74, 6) is 0.767. The van der Waals surface area contributed by atoms with E-state index in [0.29, 0.717) is 18.2 Å². The molecule has 3 aromatic carbocycles. The van der Waals surface area contributed by atoms with Crippen molar-refractivity contribution in [3.8, 4) is 11.3 Å². The monoisotopic (exact) mass is 534 g/mol. The maximum atomic E-state index is 13.5. The van der Waals surface area contributed by atoms with Gasteiger partial charge in [0, 0.05) is 44.8 Å². The van der Waals surface area contributed by atoms with E-state index in [9.17, 15) is 13.2 Å². The van der Waals surface area contributed by atoms with Crippen LogP contribution < -0.4 is 5.32 Å². The molecule has 4 aromatic rings. The van der Waals surface area contributed by atoms with E-state index in [2.05, 4.69) is 80.8 Å². The lowest BCUT2D eigenvalue weighted by atomic mass is 9.96. The van der Waals surface area contributed by atoms with Gasteiger partial charge in [-0.15, -0.1) is 0 Å². The smallest absolute Gasteiger partial charge is 0.417 e. The Kier molecular flexibility index (Phi) is 8.45. The summed E-state index contributed by atoms with van der Waals surface area (Å²) in [5, 5.41) is 3.34. The third-order valence-corrected chi connectivity index (χ3v) is 7.21. The van der Waals surface area contributed by atoms with E-state index in [1.807, 2.05) is 0 Å². The maximum absolute atomic E-state index is 13.5. The van der Waals surface area contributed by atoms with Gasteiger partial charge < -0.3 is 9.73 Å². The topological polar surface area (TPSA) is 44.5 Å². The van der Waals surface area contributed by atoms with Gasteiger partial charge in [-0.3, -0.25) is 9.80 Å². The number of oxazole rings is 1. The van der Waals surface area contributed by atoms with Crippen LogP contribution in [0.15, 0.2) is 89.3 Å². The largest absolute Gasteiger partial charge is 0.444 e. The normalized spacial score (nSPS) is 15.2. The summed E-state index contributed by atoms with van der Waals surface area (Å²) in [6, 6.07) is 27.0. The Morgan fingerprint density at radius 2 is 1.44 bits per heavy atom. The summed E-state index contributed by atoms with van der Waals surface area (Å²) in [6.45, 7) is 7.48. The summed E-state index contributed by atoms with van der Waals surface area (Å²) in [4.78, 5) is 9.36. The van der Waals surface area contributed by atoms with Gasteiger partial charge in [0.05, 0.1) is 18.2 Å². The molecule has 1 aliphatic rings. The molecule has 1 saturated heterocycles. The van der Waals surface area contributed by atoms with Crippen LogP contribution in [0.3, 0.4) is 0 Å². The van der Waals surface area contributed by atoms with Crippen molar-refractivity contribution in [1.29, 1.82) is 0 Å². The van der Waals surface area contributed by atoms with Crippen molar-refractivity contribution in [2.45, 2.75) is 25.7 Å². The molecule has 0 atom stereocenters. The van der Waals surface area contributed by atoms with E-state index in [4.69, 9.17) is 4.42 Å². The standard InChI is InChI=1S/C31H33F3N4O/c1-23-29(26-14-8-9-15-27(26)31(32,33)34)36-28(39-23)22-35-16-17-37-18-20-38(21-19-37)30(24-10-4-2-5-11-24)25-12-6-3-7-13-25/h2-15,30,35H,16-22H2,1H3. The fraction of sp³-hybridized carbons (Fsp3) is 0.323. The van der Waals surface area contributed by atoms with Gasteiger partial charge in [-0.2, -0.15) is 13.2 Å². The first kappa shape index (κ1) is 27.1. The molecule has 5 nitrogen and oxygen atoms in total. The van der Waals surface area contributed by atoms with Gasteiger partial charge >= 0.3 is 6.18 Å². The van der Waals surface area contributed by atoms with Crippen LogP contribution in [0.4, 0.5) is 13.2 Å². The Labute approximate surface area is 227 Å². The SMILES string of the molecule is Cc1oc(CNCCN2CCN(C(c3ccccc3)c3ccccc3)CC2)nc1-c1ccccc1C(F)(F)F. The second-order valence-corrected chi connectivity index (χ2v) is 9.83. The quantitative estimate of drug-likeness (QED) is 0.261. The number of aromatic nitrogens is 1. The summed E-state index contributed by atoms with van der Waals surface area (Å²) < 4.78 is 46.1. The summed E-state index contributed by atoms with van der Waals surface area (Å²) in [6.07, 6.45) is -4.45. The Hall–Kier alpha value is -3.46. The third kappa shape index (κ3) is 6.58. The first-order chi connectivity index (χ1) is 18.9. The predicted octanol–water partition coefficient (Wildman–Crippen LogP) is 6.17. The number of hydrogen-bond acceptors (Lipinski definition) is 5. The first-order valence-electron chi connectivity index (χ1n) is 13.3.